The summed E-state index contributed by atoms with van der Waals surface area (Å²) < 4.78 is 2.56. The molecule has 0 bridgehead atoms. The highest BCUT2D eigenvalue weighted by Gasteiger charge is 2.09. The Balaban J connectivity index is 2.13. The number of fused-ring (bicyclic) bond motifs is 1. The van der Waals surface area contributed by atoms with E-state index in [4.69, 9.17) is 5.11 Å². The second-order valence-electron chi connectivity index (χ2n) is 3.97. The number of hydrogen-bond acceptors (Lipinski definition) is 3. The largest absolute Gasteiger partial charge is 0.478 e. The van der Waals surface area contributed by atoms with Crippen LogP contribution in [0.3, 0.4) is 0 Å². The molecule has 1 aromatic carbocycles. The third-order valence-corrected chi connectivity index (χ3v) is 3.16. The summed E-state index contributed by atoms with van der Waals surface area (Å²) in [5.74, 6) is -0.463. The van der Waals surface area contributed by atoms with Gasteiger partial charge in [-0.1, -0.05) is 28.1 Å². The summed E-state index contributed by atoms with van der Waals surface area (Å²) in [4.78, 5) is 15.3. The molecule has 0 amide bonds. The van der Waals surface area contributed by atoms with Crippen molar-refractivity contribution in [2.24, 2.45) is 0 Å². The lowest BCUT2D eigenvalue weighted by molar-refractivity contribution is 0.0697. The Hall–Kier alpha value is -2.21. The quantitative estimate of drug-likeness (QED) is 0.789. The van der Waals surface area contributed by atoms with Crippen molar-refractivity contribution in [3.63, 3.8) is 0 Å². The first-order chi connectivity index (χ1) is 9.13. The fourth-order valence-electron chi connectivity index (χ4n) is 1.77. The summed E-state index contributed by atoms with van der Waals surface area (Å²) in [6.45, 7) is 0. The zero-order valence-corrected chi connectivity index (χ0v) is 11.2. The molecule has 0 unspecified atom stereocenters. The average Bonchev–Trinajstić information content (AvgIpc) is 2.81. The van der Waals surface area contributed by atoms with Crippen molar-refractivity contribution in [1.82, 2.24) is 14.6 Å². The van der Waals surface area contributed by atoms with Crippen LogP contribution in [0.15, 0.2) is 47.1 Å². The topological polar surface area (TPSA) is 67.5 Å². The van der Waals surface area contributed by atoms with Gasteiger partial charge < -0.3 is 5.11 Å². The molecule has 0 saturated carbocycles. The Bertz CT molecular complexity index is 782. The molecule has 0 saturated heterocycles. The Labute approximate surface area is 116 Å². The molecular weight excluding hydrogens is 310 g/mol. The molecule has 19 heavy (non-hydrogen) atoms. The van der Waals surface area contributed by atoms with Gasteiger partial charge in [0.1, 0.15) is 0 Å². The lowest BCUT2D eigenvalue weighted by Crippen LogP contribution is -1.96. The number of aromatic carboxylic acids is 1. The highest BCUT2D eigenvalue weighted by Crippen LogP contribution is 2.19. The molecule has 0 fully saturated rings. The van der Waals surface area contributed by atoms with Crippen LogP contribution in [0.4, 0.5) is 0 Å². The second-order valence-corrected chi connectivity index (χ2v) is 4.88. The monoisotopic (exact) mass is 317 g/mol. The SMILES string of the molecule is O=C(O)c1cccc(-c2nc3cc(Br)ccn3n2)c1. The molecular formula is C13H8BrN3O2. The van der Waals surface area contributed by atoms with Gasteiger partial charge in [-0.15, -0.1) is 5.10 Å². The number of benzene rings is 1. The number of pyridine rings is 1. The van der Waals surface area contributed by atoms with Crippen LogP contribution >= 0.6 is 15.9 Å². The van der Waals surface area contributed by atoms with Crippen LogP contribution in [0.1, 0.15) is 10.4 Å². The van der Waals surface area contributed by atoms with E-state index >= 15 is 0 Å². The summed E-state index contributed by atoms with van der Waals surface area (Å²) in [6, 6.07) is 10.3. The van der Waals surface area contributed by atoms with Crippen LogP contribution < -0.4 is 0 Å². The summed E-state index contributed by atoms with van der Waals surface area (Å²) in [6.07, 6.45) is 1.79. The number of hydrogen-bond donors (Lipinski definition) is 1. The number of halogens is 1. The van der Waals surface area contributed by atoms with E-state index < -0.39 is 5.97 Å². The van der Waals surface area contributed by atoms with Crippen LogP contribution in [-0.4, -0.2) is 25.7 Å². The average molecular weight is 318 g/mol. The van der Waals surface area contributed by atoms with Gasteiger partial charge in [0.15, 0.2) is 11.5 Å². The lowest BCUT2D eigenvalue weighted by Gasteiger charge is -1.97. The van der Waals surface area contributed by atoms with E-state index in [2.05, 4.69) is 26.0 Å². The minimum atomic E-state index is -0.964. The molecule has 2 heterocycles. The van der Waals surface area contributed by atoms with Gasteiger partial charge in [-0.2, -0.15) is 0 Å². The van der Waals surface area contributed by atoms with Crippen LogP contribution in [0.5, 0.6) is 0 Å². The van der Waals surface area contributed by atoms with Gasteiger partial charge in [-0.3, -0.25) is 0 Å². The molecule has 2 aromatic heterocycles. The van der Waals surface area contributed by atoms with Crippen LogP contribution in [0, 0.1) is 0 Å². The van der Waals surface area contributed by atoms with E-state index in [9.17, 15) is 4.79 Å². The predicted molar refractivity (Wildman–Crippen MR) is 73.1 cm³/mol. The molecule has 6 heteroatoms. The first kappa shape index (κ1) is 11.9. The second kappa shape index (κ2) is 4.47. The van der Waals surface area contributed by atoms with Crippen molar-refractivity contribution in [3.05, 3.63) is 52.6 Å². The number of carboxylic acids is 1. The summed E-state index contributed by atoms with van der Waals surface area (Å²) in [5, 5.41) is 13.3. The Morgan fingerprint density at radius 1 is 1.26 bits per heavy atom. The maximum Gasteiger partial charge on any atom is 0.335 e. The Morgan fingerprint density at radius 2 is 2.11 bits per heavy atom. The standard InChI is InChI=1S/C13H8BrN3O2/c14-10-4-5-17-11(7-10)15-12(16-17)8-2-1-3-9(6-8)13(18)19/h1-7H,(H,18,19). The third-order valence-electron chi connectivity index (χ3n) is 2.67. The van der Waals surface area contributed by atoms with Crippen molar-refractivity contribution in [2.75, 3.05) is 0 Å². The molecule has 0 aliphatic carbocycles. The Morgan fingerprint density at radius 3 is 2.89 bits per heavy atom. The molecule has 0 radical (unpaired) electrons. The normalized spacial score (nSPS) is 10.8. The van der Waals surface area contributed by atoms with Gasteiger partial charge >= 0.3 is 5.97 Å². The van der Waals surface area contributed by atoms with E-state index in [1.54, 1.807) is 28.9 Å². The third kappa shape index (κ3) is 2.22. The molecule has 3 aromatic rings. The smallest absolute Gasteiger partial charge is 0.335 e. The van der Waals surface area contributed by atoms with Gasteiger partial charge in [-0.25, -0.2) is 14.3 Å². The molecule has 3 rings (SSSR count). The summed E-state index contributed by atoms with van der Waals surface area (Å²) in [5.41, 5.74) is 1.60. The molecule has 0 spiro atoms. The minimum Gasteiger partial charge on any atom is -0.478 e. The van der Waals surface area contributed by atoms with E-state index in [0.29, 0.717) is 17.0 Å². The van der Waals surface area contributed by atoms with Crippen molar-refractivity contribution in [2.45, 2.75) is 0 Å². The van der Waals surface area contributed by atoms with Crippen molar-refractivity contribution >= 4 is 27.5 Å². The van der Waals surface area contributed by atoms with Crippen LogP contribution in [0.25, 0.3) is 17.0 Å². The maximum absolute atomic E-state index is 10.9. The molecule has 94 valence electrons. The fourth-order valence-corrected chi connectivity index (χ4v) is 2.09. The predicted octanol–water partition coefficient (Wildman–Crippen LogP) is 2.86. The molecule has 1 N–H and O–H groups in total. The summed E-state index contributed by atoms with van der Waals surface area (Å²) in [7, 11) is 0. The van der Waals surface area contributed by atoms with Gasteiger partial charge in [-0.05, 0) is 24.3 Å². The lowest BCUT2D eigenvalue weighted by atomic mass is 10.1. The number of nitrogens with zero attached hydrogens (tertiary/aromatic N) is 3. The molecule has 0 atom stereocenters. The number of carbonyl (C=O) groups is 1. The van der Waals surface area contributed by atoms with Crippen LogP contribution in [0.2, 0.25) is 0 Å². The zero-order valence-electron chi connectivity index (χ0n) is 9.62. The number of rotatable bonds is 2. The van der Waals surface area contributed by atoms with E-state index in [1.807, 2.05) is 12.1 Å². The van der Waals surface area contributed by atoms with Crippen LogP contribution in [-0.2, 0) is 0 Å². The summed E-state index contributed by atoms with van der Waals surface area (Å²) >= 11 is 3.37. The van der Waals surface area contributed by atoms with Gasteiger partial charge in [0.25, 0.3) is 0 Å². The molecule has 0 aliphatic heterocycles. The van der Waals surface area contributed by atoms with Crippen molar-refractivity contribution in [3.8, 4) is 11.4 Å². The first-order valence-electron chi connectivity index (χ1n) is 5.49. The van der Waals surface area contributed by atoms with E-state index in [-0.39, 0.29) is 5.56 Å². The molecule has 5 nitrogen and oxygen atoms in total. The van der Waals surface area contributed by atoms with Gasteiger partial charge in [0.2, 0.25) is 0 Å². The Kier molecular flexibility index (Phi) is 2.79. The van der Waals surface area contributed by atoms with E-state index in [0.717, 1.165) is 4.47 Å². The van der Waals surface area contributed by atoms with Gasteiger partial charge in [0.05, 0.1) is 5.56 Å². The number of carboxylic acid groups (broad SMARTS) is 1. The maximum atomic E-state index is 10.9. The number of aromatic nitrogens is 3. The van der Waals surface area contributed by atoms with E-state index in [1.165, 1.54) is 6.07 Å². The van der Waals surface area contributed by atoms with Crippen molar-refractivity contribution in [1.29, 1.82) is 0 Å². The highest BCUT2D eigenvalue weighted by atomic mass is 79.9. The highest BCUT2D eigenvalue weighted by molar-refractivity contribution is 9.10. The minimum absolute atomic E-state index is 0.220. The fraction of sp³-hybridized carbons (Fsp3) is 0. The zero-order chi connectivity index (χ0) is 13.4. The van der Waals surface area contributed by atoms with Gasteiger partial charge in [0, 0.05) is 16.2 Å². The first-order valence-corrected chi connectivity index (χ1v) is 6.28. The van der Waals surface area contributed by atoms with Crippen molar-refractivity contribution < 1.29 is 9.90 Å². The molecule has 0 aliphatic rings.